The molecule has 0 aromatic carbocycles. The number of aryl methyl sites for hydroxylation is 1. The van der Waals surface area contributed by atoms with E-state index in [1.165, 1.54) is 47.7 Å². The van der Waals surface area contributed by atoms with E-state index in [4.69, 9.17) is 9.72 Å². The van der Waals surface area contributed by atoms with Gasteiger partial charge in [0.2, 0.25) is 0 Å². The minimum atomic E-state index is -0.115. The molecule has 0 amide bonds. The lowest BCUT2D eigenvalue weighted by Gasteiger charge is -2.37. The number of nitrogens with one attached hydrogen (secondary N) is 1. The molecule has 118 valence electrons. The Morgan fingerprint density at radius 3 is 2.95 bits per heavy atom. The van der Waals surface area contributed by atoms with Crippen molar-refractivity contribution in [2.75, 3.05) is 13.7 Å². The highest BCUT2D eigenvalue weighted by atomic mass is 32.1. The molecule has 4 heteroatoms. The van der Waals surface area contributed by atoms with Crippen LogP contribution in [0.15, 0.2) is 0 Å². The van der Waals surface area contributed by atoms with Crippen molar-refractivity contribution in [1.82, 2.24) is 10.3 Å². The molecule has 3 nitrogen and oxygen atoms in total. The molecular weight excluding hydrogens is 280 g/mol. The van der Waals surface area contributed by atoms with E-state index in [0.29, 0.717) is 6.04 Å². The van der Waals surface area contributed by atoms with Crippen molar-refractivity contribution < 1.29 is 4.74 Å². The lowest BCUT2D eigenvalue weighted by atomic mass is 9.79. The molecule has 1 N–H and O–H groups in total. The summed E-state index contributed by atoms with van der Waals surface area (Å²) in [6, 6.07) is 0.457. The fourth-order valence-electron chi connectivity index (χ4n) is 4.03. The predicted octanol–water partition coefficient (Wildman–Crippen LogP) is 4.18. The van der Waals surface area contributed by atoms with Gasteiger partial charge in [0.1, 0.15) is 10.6 Å². The van der Waals surface area contributed by atoms with Crippen LogP contribution in [-0.2, 0) is 16.8 Å². The van der Waals surface area contributed by atoms with E-state index in [1.807, 2.05) is 18.4 Å². The molecule has 21 heavy (non-hydrogen) atoms. The van der Waals surface area contributed by atoms with Crippen LogP contribution in [0.4, 0.5) is 0 Å². The quantitative estimate of drug-likeness (QED) is 0.906. The normalized spacial score (nSPS) is 32.9. The Bertz CT molecular complexity index is 487. The average molecular weight is 308 g/mol. The maximum atomic E-state index is 6.04. The van der Waals surface area contributed by atoms with Gasteiger partial charge in [0.25, 0.3) is 0 Å². The number of thiazole rings is 1. The van der Waals surface area contributed by atoms with Gasteiger partial charge in [0.05, 0.1) is 11.7 Å². The van der Waals surface area contributed by atoms with Gasteiger partial charge in [-0.1, -0.05) is 20.3 Å². The van der Waals surface area contributed by atoms with Crippen LogP contribution in [0.3, 0.4) is 0 Å². The Kier molecular flexibility index (Phi) is 4.67. The van der Waals surface area contributed by atoms with Gasteiger partial charge in [0, 0.05) is 12.0 Å². The zero-order valence-electron chi connectivity index (χ0n) is 13.6. The molecule has 3 unspecified atom stereocenters. The largest absolute Gasteiger partial charge is 0.371 e. The first-order valence-electron chi connectivity index (χ1n) is 8.47. The molecule has 0 spiro atoms. The van der Waals surface area contributed by atoms with Gasteiger partial charge < -0.3 is 10.1 Å². The van der Waals surface area contributed by atoms with Crippen molar-refractivity contribution in [2.45, 2.75) is 70.4 Å². The topological polar surface area (TPSA) is 34.1 Å². The third-order valence-electron chi connectivity index (χ3n) is 5.14. The van der Waals surface area contributed by atoms with Crippen LogP contribution in [0.2, 0.25) is 0 Å². The Balaban J connectivity index is 1.92. The third-order valence-corrected chi connectivity index (χ3v) is 6.46. The van der Waals surface area contributed by atoms with E-state index >= 15 is 0 Å². The molecule has 2 aliphatic carbocycles. The summed E-state index contributed by atoms with van der Waals surface area (Å²) < 4.78 is 6.04. The summed E-state index contributed by atoms with van der Waals surface area (Å²) in [7, 11) is 1.88. The van der Waals surface area contributed by atoms with E-state index in [0.717, 1.165) is 25.3 Å². The van der Waals surface area contributed by atoms with Gasteiger partial charge in [-0.2, -0.15) is 0 Å². The van der Waals surface area contributed by atoms with Crippen molar-refractivity contribution in [3.05, 3.63) is 15.6 Å². The number of ether oxygens (including phenoxy) is 1. The van der Waals surface area contributed by atoms with Crippen molar-refractivity contribution in [1.29, 1.82) is 0 Å². The summed E-state index contributed by atoms with van der Waals surface area (Å²) in [5, 5.41) is 4.84. The Hall–Kier alpha value is -0.450. The average Bonchev–Trinajstić information content (AvgIpc) is 2.93. The summed E-state index contributed by atoms with van der Waals surface area (Å²) in [5.41, 5.74) is 1.20. The molecule has 1 saturated carbocycles. The molecule has 0 saturated heterocycles. The molecule has 0 radical (unpaired) electrons. The fourth-order valence-corrected chi connectivity index (χ4v) is 5.40. The van der Waals surface area contributed by atoms with Crippen LogP contribution in [0.5, 0.6) is 0 Å². The Morgan fingerprint density at radius 2 is 2.24 bits per heavy atom. The summed E-state index contributed by atoms with van der Waals surface area (Å²) in [5.74, 6) is 0.740. The SMILES string of the molecule is CCNC1CCCc2sc(C3(OC)CCCC(C)C3)nc21. The van der Waals surface area contributed by atoms with Crippen LogP contribution < -0.4 is 5.32 Å². The molecule has 0 aliphatic heterocycles. The van der Waals surface area contributed by atoms with E-state index in [-0.39, 0.29) is 5.60 Å². The lowest BCUT2D eigenvalue weighted by Crippen LogP contribution is -2.34. The zero-order valence-corrected chi connectivity index (χ0v) is 14.4. The van der Waals surface area contributed by atoms with E-state index in [2.05, 4.69) is 19.2 Å². The monoisotopic (exact) mass is 308 g/mol. The minimum absolute atomic E-state index is 0.115. The summed E-state index contributed by atoms with van der Waals surface area (Å²) in [6.45, 7) is 5.55. The molecule has 0 bridgehead atoms. The van der Waals surface area contributed by atoms with Crippen molar-refractivity contribution in [3.63, 3.8) is 0 Å². The summed E-state index contributed by atoms with van der Waals surface area (Å²) in [4.78, 5) is 6.58. The molecular formula is C17H28N2OS. The van der Waals surface area contributed by atoms with E-state index < -0.39 is 0 Å². The predicted molar refractivity (Wildman–Crippen MR) is 87.8 cm³/mol. The summed E-state index contributed by atoms with van der Waals surface area (Å²) >= 11 is 1.92. The maximum Gasteiger partial charge on any atom is 0.125 e. The number of aromatic nitrogens is 1. The highest BCUT2D eigenvalue weighted by molar-refractivity contribution is 7.11. The first kappa shape index (κ1) is 15.4. The van der Waals surface area contributed by atoms with Gasteiger partial charge in [-0.25, -0.2) is 4.98 Å². The minimum Gasteiger partial charge on any atom is -0.371 e. The second kappa shape index (κ2) is 6.35. The second-order valence-electron chi connectivity index (χ2n) is 6.73. The van der Waals surface area contributed by atoms with Crippen LogP contribution in [0, 0.1) is 5.92 Å². The van der Waals surface area contributed by atoms with Crippen molar-refractivity contribution in [3.8, 4) is 0 Å². The van der Waals surface area contributed by atoms with Crippen molar-refractivity contribution >= 4 is 11.3 Å². The second-order valence-corrected chi connectivity index (χ2v) is 7.81. The number of fused-ring (bicyclic) bond motifs is 1. The fraction of sp³-hybridized carbons (Fsp3) is 0.824. The first-order chi connectivity index (χ1) is 10.2. The molecule has 3 atom stereocenters. The van der Waals surface area contributed by atoms with Gasteiger partial charge in [-0.15, -0.1) is 11.3 Å². The van der Waals surface area contributed by atoms with Crippen LogP contribution >= 0.6 is 11.3 Å². The number of rotatable bonds is 4. The van der Waals surface area contributed by atoms with Crippen molar-refractivity contribution in [2.24, 2.45) is 5.92 Å². The van der Waals surface area contributed by atoms with Gasteiger partial charge >= 0.3 is 0 Å². The molecule has 1 aromatic rings. The number of methoxy groups -OCH3 is 1. The van der Waals surface area contributed by atoms with Crippen LogP contribution in [0.25, 0.3) is 0 Å². The molecule has 1 aromatic heterocycles. The molecule has 1 fully saturated rings. The van der Waals surface area contributed by atoms with E-state index in [9.17, 15) is 0 Å². The summed E-state index contributed by atoms with van der Waals surface area (Å²) in [6.07, 6.45) is 8.55. The molecule has 1 heterocycles. The van der Waals surface area contributed by atoms with Gasteiger partial charge in [0.15, 0.2) is 0 Å². The lowest BCUT2D eigenvalue weighted by molar-refractivity contribution is -0.0581. The van der Waals surface area contributed by atoms with Gasteiger partial charge in [-0.3, -0.25) is 0 Å². The number of hydrogen-bond donors (Lipinski definition) is 1. The van der Waals surface area contributed by atoms with E-state index in [1.54, 1.807) is 0 Å². The Labute approximate surface area is 132 Å². The first-order valence-corrected chi connectivity index (χ1v) is 9.29. The van der Waals surface area contributed by atoms with Gasteiger partial charge in [-0.05, 0) is 51.0 Å². The molecule has 2 aliphatic rings. The highest BCUT2D eigenvalue weighted by Crippen LogP contribution is 2.46. The Morgan fingerprint density at radius 1 is 1.38 bits per heavy atom. The van der Waals surface area contributed by atoms with Crippen LogP contribution in [0.1, 0.15) is 74.0 Å². The smallest absolute Gasteiger partial charge is 0.125 e. The number of nitrogens with zero attached hydrogens (tertiary/aromatic N) is 1. The number of hydrogen-bond acceptors (Lipinski definition) is 4. The van der Waals surface area contributed by atoms with Crippen LogP contribution in [-0.4, -0.2) is 18.6 Å². The highest BCUT2D eigenvalue weighted by Gasteiger charge is 2.40. The molecule has 3 rings (SSSR count). The zero-order chi connectivity index (χ0) is 14.9. The standard InChI is InChI=1S/C17H28N2OS/c1-4-18-13-8-5-9-14-15(13)19-16(21-14)17(20-3)10-6-7-12(2)11-17/h12-13,18H,4-11H2,1-3H3. The maximum absolute atomic E-state index is 6.04. The third kappa shape index (κ3) is 2.90.